The lowest BCUT2D eigenvalue weighted by Crippen LogP contribution is -2.28. The van der Waals surface area contributed by atoms with Crippen molar-refractivity contribution in [1.82, 2.24) is 15.0 Å². The number of aromatic nitrogens is 3. The van der Waals surface area contributed by atoms with Crippen LogP contribution in [0.2, 0.25) is 0 Å². The molecule has 1 aliphatic heterocycles. The topological polar surface area (TPSA) is 51.0 Å². The molecule has 29 heavy (non-hydrogen) atoms. The van der Waals surface area contributed by atoms with E-state index in [-0.39, 0.29) is 11.8 Å². The molecule has 1 aliphatic rings. The molecule has 142 valence electrons. The fourth-order valence-electron chi connectivity index (χ4n) is 3.94. The molecule has 0 radical (unpaired) electrons. The van der Waals surface area contributed by atoms with E-state index in [2.05, 4.69) is 22.4 Å². The zero-order valence-corrected chi connectivity index (χ0v) is 15.8. The lowest BCUT2D eigenvalue weighted by atomic mass is 9.93. The smallest absolute Gasteiger partial charge is 0.239 e. The molecule has 0 fully saturated rings. The first-order valence-electron chi connectivity index (χ1n) is 9.68. The maximum atomic E-state index is 13.3. The molecule has 4 aromatic rings. The number of para-hydroxylation sites is 1. The second-order valence-electron chi connectivity index (χ2n) is 7.22. The molecular formula is C24H20N4O. The van der Waals surface area contributed by atoms with Crippen LogP contribution < -0.4 is 4.90 Å². The highest BCUT2D eigenvalue weighted by Crippen LogP contribution is 2.41. The number of hydrogen-bond donors (Lipinski definition) is 0. The summed E-state index contributed by atoms with van der Waals surface area (Å²) in [5.41, 5.74) is 4.94. The molecule has 3 aromatic carbocycles. The van der Waals surface area contributed by atoms with Gasteiger partial charge in [-0.05, 0) is 22.8 Å². The van der Waals surface area contributed by atoms with E-state index in [1.54, 1.807) is 0 Å². The predicted octanol–water partition coefficient (Wildman–Crippen LogP) is 4.01. The molecule has 1 aromatic heterocycles. The normalized spacial score (nSPS) is 15.5. The van der Waals surface area contributed by atoms with Crippen molar-refractivity contribution in [2.45, 2.75) is 19.0 Å². The largest absolute Gasteiger partial charge is 0.305 e. The van der Waals surface area contributed by atoms with Gasteiger partial charge < -0.3 is 4.90 Å². The predicted molar refractivity (Wildman–Crippen MR) is 111 cm³/mol. The van der Waals surface area contributed by atoms with Crippen molar-refractivity contribution in [2.75, 3.05) is 4.90 Å². The Morgan fingerprint density at radius 2 is 1.48 bits per heavy atom. The summed E-state index contributed by atoms with van der Waals surface area (Å²) in [5.74, 6) is -0.193. The lowest BCUT2D eigenvalue weighted by Gasteiger charge is -2.16. The highest BCUT2D eigenvalue weighted by atomic mass is 16.2. The highest BCUT2D eigenvalue weighted by molar-refractivity contribution is 6.06. The van der Waals surface area contributed by atoms with Crippen molar-refractivity contribution in [1.29, 1.82) is 0 Å². The van der Waals surface area contributed by atoms with Crippen LogP contribution in [-0.4, -0.2) is 20.9 Å². The molecule has 1 atom stereocenters. The third kappa shape index (κ3) is 3.31. The van der Waals surface area contributed by atoms with Gasteiger partial charge in [-0.1, -0.05) is 84.1 Å². The average molecular weight is 380 g/mol. The number of rotatable bonds is 5. The number of amides is 1. The van der Waals surface area contributed by atoms with Crippen molar-refractivity contribution >= 4 is 11.6 Å². The molecule has 0 N–H and O–H groups in total. The molecular weight excluding hydrogens is 360 g/mol. The first kappa shape index (κ1) is 17.4. The Morgan fingerprint density at radius 3 is 2.28 bits per heavy atom. The fraction of sp³-hybridized carbons (Fsp3) is 0.125. The Kier molecular flexibility index (Phi) is 4.41. The van der Waals surface area contributed by atoms with Crippen LogP contribution in [0.25, 0.3) is 0 Å². The summed E-state index contributed by atoms with van der Waals surface area (Å²) in [6, 6.07) is 28.1. The van der Waals surface area contributed by atoms with Crippen molar-refractivity contribution < 1.29 is 4.79 Å². The average Bonchev–Trinajstić information content (AvgIpc) is 3.32. The monoisotopic (exact) mass is 380 g/mol. The Morgan fingerprint density at radius 1 is 0.793 bits per heavy atom. The summed E-state index contributed by atoms with van der Waals surface area (Å²) in [7, 11) is 0. The van der Waals surface area contributed by atoms with E-state index in [0.29, 0.717) is 13.1 Å². The van der Waals surface area contributed by atoms with Gasteiger partial charge >= 0.3 is 0 Å². The number of hydrogen-bond acceptors (Lipinski definition) is 3. The van der Waals surface area contributed by atoms with E-state index in [0.717, 1.165) is 28.1 Å². The Balaban J connectivity index is 1.41. The van der Waals surface area contributed by atoms with Crippen LogP contribution in [0.15, 0.2) is 91.1 Å². The molecule has 2 heterocycles. The van der Waals surface area contributed by atoms with Crippen molar-refractivity contribution in [3.05, 3.63) is 114 Å². The molecule has 1 amide bonds. The van der Waals surface area contributed by atoms with Gasteiger partial charge in [0.05, 0.1) is 25.2 Å². The van der Waals surface area contributed by atoms with Crippen molar-refractivity contribution in [3.63, 3.8) is 0 Å². The quantitative estimate of drug-likeness (QED) is 0.526. The number of fused-ring (bicyclic) bond motifs is 1. The van der Waals surface area contributed by atoms with Gasteiger partial charge in [-0.15, -0.1) is 5.10 Å². The molecule has 5 rings (SSSR count). The lowest BCUT2D eigenvalue weighted by molar-refractivity contribution is -0.118. The molecule has 0 saturated carbocycles. The Labute approximate surface area is 169 Å². The van der Waals surface area contributed by atoms with E-state index in [1.807, 2.05) is 88.6 Å². The second kappa shape index (κ2) is 7.36. The number of carbonyl (C=O) groups is 1. The minimum atomic E-state index is -0.272. The number of benzene rings is 3. The summed E-state index contributed by atoms with van der Waals surface area (Å²) in [6.45, 7) is 1.07. The summed E-state index contributed by atoms with van der Waals surface area (Å²) in [6.07, 6.45) is 1.92. The standard InChI is InChI=1S/C24H20N4O/c29-24-23(19-11-5-2-6-12-19)21-13-7-8-14-22(21)28(24)17-20-16-27(26-25-20)15-18-9-3-1-4-10-18/h1-14,16,23H,15,17H2/t23-/m1/s1. The molecule has 5 heteroatoms. The molecule has 5 nitrogen and oxygen atoms in total. The van der Waals surface area contributed by atoms with Crippen molar-refractivity contribution in [2.24, 2.45) is 0 Å². The van der Waals surface area contributed by atoms with Crippen LogP contribution in [0.3, 0.4) is 0 Å². The van der Waals surface area contributed by atoms with Crippen LogP contribution in [0, 0.1) is 0 Å². The van der Waals surface area contributed by atoms with E-state index >= 15 is 0 Å². The Hall–Kier alpha value is -3.73. The minimum Gasteiger partial charge on any atom is -0.305 e. The third-order valence-corrected chi connectivity index (χ3v) is 5.28. The van der Waals surface area contributed by atoms with Gasteiger partial charge in [0.2, 0.25) is 5.91 Å². The van der Waals surface area contributed by atoms with E-state index in [9.17, 15) is 4.79 Å². The summed E-state index contributed by atoms with van der Waals surface area (Å²) >= 11 is 0. The van der Waals surface area contributed by atoms with Crippen LogP contribution in [0.1, 0.15) is 28.3 Å². The maximum absolute atomic E-state index is 13.3. The number of nitrogens with zero attached hydrogens (tertiary/aromatic N) is 4. The van der Waals surface area contributed by atoms with Crippen LogP contribution in [0.4, 0.5) is 5.69 Å². The molecule has 0 saturated heterocycles. The SMILES string of the molecule is O=C1[C@H](c2ccccc2)c2ccccc2N1Cc1cn(Cc2ccccc2)nn1. The minimum absolute atomic E-state index is 0.0787. The van der Waals surface area contributed by atoms with Gasteiger partial charge in [-0.2, -0.15) is 0 Å². The molecule has 0 unspecified atom stereocenters. The van der Waals surface area contributed by atoms with Gasteiger partial charge in [0, 0.05) is 5.69 Å². The summed E-state index contributed by atoms with van der Waals surface area (Å²) < 4.78 is 1.81. The second-order valence-corrected chi connectivity index (χ2v) is 7.22. The molecule has 0 spiro atoms. The fourth-order valence-corrected chi connectivity index (χ4v) is 3.94. The number of carbonyl (C=O) groups excluding carboxylic acids is 1. The maximum Gasteiger partial charge on any atom is 0.239 e. The van der Waals surface area contributed by atoms with Crippen LogP contribution in [0.5, 0.6) is 0 Å². The zero-order chi connectivity index (χ0) is 19.6. The van der Waals surface area contributed by atoms with Gasteiger partial charge in [0.15, 0.2) is 0 Å². The third-order valence-electron chi connectivity index (χ3n) is 5.28. The van der Waals surface area contributed by atoms with Crippen LogP contribution in [-0.2, 0) is 17.9 Å². The summed E-state index contributed by atoms with van der Waals surface area (Å²) in [5, 5.41) is 8.54. The number of anilines is 1. The first-order valence-corrected chi connectivity index (χ1v) is 9.68. The van der Waals surface area contributed by atoms with Gasteiger partial charge in [0.25, 0.3) is 0 Å². The van der Waals surface area contributed by atoms with Crippen LogP contribution >= 0.6 is 0 Å². The van der Waals surface area contributed by atoms with Crippen molar-refractivity contribution in [3.8, 4) is 0 Å². The zero-order valence-electron chi connectivity index (χ0n) is 15.8. The van der Waals surface area contributed by atoms with E-state index < -0.39 is 0 Å². The van der Waals surface area contributed by atoms with Gasteiger partial charge in [-0.25, -0.2) is 4.68 Å². The Bertz CT molecular complexity index is 1140. The first-order chi connectivity index (χ1) is 14.3. The van der Waals surface area contributed by atoms with Gasteiger partial charge in [0.1, 0.15) is 5.69 Å². The summed E-state index contributed by atoms with van der Waals surface area (Å²) in [4.78, 5) is 15.2. The highest BCUT2D eigenvalue weighted by Gasteiger charge is 2.38. The molecule has 0 aliphatic carbocycles. The van der Waals surface area contributed by atoms with E-state index in [4.69, 9.17) is 0 Å². The molecule has 0 bridgehead atoms. The van der Waals surface area contributed by atoms with Gasteiger partial charge in [-0.3, -0.25) is 4.79 Å². The van der Waals surface area contributed by atoms with E-state index in [1.165, 1.54) is 0 Å².